The van der Waals surface area contributed by atoms with Gasteiger partial charge in [0.25, 0.3) is 5.91 Å². The van der Waals surface area contributed by atoms with Gasteiger partial charge < -0.3 is 30.2 Å². The van der Waals surface area contributed by atoms with Crippen molar-refractivity contribution in [1.29, 1.82) is 0 Å². The zero-order valence-corrected chi connectivity index (χ0v) is 24.4. The van der Waals surface area contributed by atoms with E-state index in [0.717, 1.165) is 22.4 Å². The molecule has 2 heterocycles. The number of carbonyl (C=O) groups excluding carboxylic acids is 2. The number of pyridine rings is 1. The second-order valence-electron chi connectivity index (χ2n) is 10.2. The number of nitrogens with one attached hydrogen (secondary N) is 3. The topological polar surface area (TPSA) is 117 Å². The van der Waals surface area contributed by atoms with Crippen LogP contribution in [0.4, 0.5) is 0 Å². The number of halogens is 1. The third-order valence-electron chi connectivity index (χ3n) is 6.47. The first-order valence-corrected chi connectivity index (χ1v) is 14.0. The molecule has 216 valence electrons. The third-order valence-corrected chi connectivity index (χ3v) is 6.77. The van der Waals surface area contributed by atoms with Crippen LogP contribution in [0, 0.1) is 0 Å². The van der Waals surface area contributed by atoms with Crippen LogP contribution in [0.25, 0.3) is 16.9 Å². The van der Waals surface area contributed by atoms with Crippen molar-refractivity contribution in [2.45, 2.75) is 45.4 Å². The molecule has 2 aromatic carbocycles. The smallest absolute Gasteiger partial charge is 0.251 e. The Morgan fingerprint density at radius 1 is 1.10 bits per heavy atom. The number of fused-ring (bicyclic) bond motifs is 1. The maximum absolute atomic E-state index is 13.1. The second-order valence-corrected chi connectivity index (χ2v) is 10.6. The van der Waals surface area contributed by atoms with Crippen molar-refractivity contribution < 1.29 is 19.4 Å². The van der Waals surface area contributed by atoms with Crippen LogP contribution in [0.3, 0.4) is 0 Å². The number of hydrogen-bond donors (Lipinski definition) is 4. The highest BCUT2D eigenvalue weighted by molar-refractivity contribution is 6.32. The van der Waals surface area contributed by atoms with Gasteiger partial charge >= 0.3 is 0 Å². The number of nitrogens with zero attached hydrogens (tertiary/aromatic N) is 2. The predicted molar refractivity (Wildman–Crippen MR) is 160 cm³/mol. The number of ether oxygens (including phenoxy) is 1. The Morgan fingerprint density at radius 2 is 1.85 bits per heavy atom. The fourth-order valence-corrected chi connectivity index (χ4v) is 4.72. The van der Waals surface area contributed by atoms with E-state index < -0.39 is 6.10 Å². The Bertz CT molecular complexity index is 1500. The molecule has 41 heavy (non-hydrogen) atoms. The van der Waals surface area contributed by atoms with Crippen molar-refractivity contribution in [3.05, 3.63) is 88.7 Å². The average molecular weight is 578 g/mol. The molecule has 9 nitrogen and oxygen atoms in total. The predicted octanol–water partition coefficient (Wildman–Crippen LogP) is 4.17. The van der Waals surface area contributed by atoms with E-state index in [4.69, 9.17) is 21.3 Å². The van der Waals surface area contributed by atoms with E-state index >= 15 is 0 Å². The van der Waals surface area contributed by atoms with Gasteiger partial charge in [-0.25, -0.2) is 4.98 Å². The number of rotatable bonds is 12. The van der Waals surface area contributed by atoms with Gasteiger partial charge in [-0.05, 0) is 64.1 Å². The first-order chi connectivity index (χ1) is 19.6. The van der Waals surface area contributed by atoms with E-state index in [1.54, 1.807) is 32.2 Å². The number of aliphatic hydroxyl groups is 1. The number of carbonyl (C=O) groups is 2. The van der Waals surface area contributed by atoms with Gasteiger partial charge in [0.05, 0.1) is 35.5 Å². The molecule has 0 aliphatic carbocycles. The molecule has 4 N–H and O–H groups in total. The lowest BCUT2D eigenvalue weighted by Gasteiger charge is -2.20. The van der Waals surface area contributed by atoms with Crippen molar-refractivity contribution in [2.75, 3.05) is 20.1 Å². The van der Waals surface area contributed by atoms with Crippen LogP contribution in [0.5, 0.6) is 5.75 Å². The number of amides is 2. The van der Waals surface area contributed by atoms with Crippen LogP contribution in [-0.2, 0) is 11.2 Å². The molecule has 2 aromatic heterocycles. The monoisotopic (exact) mass is 577 g/mol. The largest absolute Gasteiger partial charge is 0.489 e. The minimum Gasteiger partial charge on any atom is -0.489 e. The van der Waals surface area contributed by atoms with Crippen molar-refractivity contribution in [1.82, 2.24) is 25.3 Å². The molecule has 4 aromatic rings. The van der Waals surface area contributed by atoms with Gasteiger partial charge in [-0.1, -0.05) is 41.9 Å². The Balaban J connectivity index is 1.50. The molecule has 0 aliphatic heterocycles. The van der Waals surface area contributed by atoms with Crippen molar-refractivity contribution in [2.24, 2.45) is 0 Å². The molecule has 2 amide bonds. The summed E-state index contributed by atoms with van der Waals surface area (Å²) in [5, 5.41) is 19.2. The highest BCUT2D eigenvalue weighted by Gasteiger charge is 2.18. The van der Waals surface area contributed by atoms with Crippen LogP contribution in [-0.4, -0.2) is 58.6 Å². The Kier molecular flexibility index (Phi) is 9.99. The zero-order chi connectivity index (χ0) is 29.5. The van der Waals surface area contributed by atoms with Crippen molar-refractivity contribution in [3.8, 4) is 17.0 Å². The van der Waals surface area contributed by atoms with Crippen LogP contribution < -0.4 is 20.7 Å². The van der Waals surface area contributed by atoms with E-state index in [9.17, 15) is 14.7 Å². The molecule has 0 bridgehead atoms. The SMILES string of the molecule is CNCC(=O)NCC(Cc1ccc(-c2cn3cccc([C@H](C)O)c3n2)cc1)NC(=O)c1ccc(OC(C)C)c(Cl)c1. The Labute approximate surface area is 244 Å². The van der Waals surface area contributed by atoms with E-state index in [1.165, 1.54) is 0 Å². The van der Waals surface area contributed by atoms with Gasteiger partial charge in [0.1, 0.15) is 11.4 Å². The summed E-state index contributed by atoms with van der Waals surface area (Å²) in [5.41, 5.74) is 4.57. The summed E-state index contributed by atoms with van der Waals surface area (Å²) in [6, 6.07) is 16.2. The van der Waals surface area contributed by atoms with Crippen LogP contribution in [0.2, 0.25) is 5.02 Å². The van der Waals surface area contributed by atoms with Crippen LogP contribution >= 0.6 is 11.6 Å². The van der Waals surface area contributed by atoms with Crippen molar-refractivity contribution in [3.63, 3.8) is 0 Å². The summed E-state index contributed by atoms with van der Waals surface area (Å²) in [4.78, 5) is 30.0. The molecule has 0 radical (unpaired) electrons. The summed E-state index contributed by atoms with van der Waals surface area (Å²) in [5.74, 6) is 0.0525. The second kappa shape index (κ2) is 13.6. The van der Waals surface area contributed by atoms with Gasteiger partial charge in [-0.3, -0.25) is 9.59 Å². The summed E-state index contributed by atoms with van der Waals surface area (Å²) >= 11 is 6.35. The lowest BCUT2D eigenvalue weighted by Crippen LogP contribution is -2.46. The average Bonchev–Trinajstić information content (AvgIpc) is 3.37. The highest BCUT2D eigenvalue weighted by Crippen LogP contribution is 2.27. The van der Waals surface area contributed by atoms with Gasteiger partial charge in [0.2, 0.25) is 5.91 Å². The molecular weight excluding hydrogens is 542 g/mol. The number of benzene rings is 2. The molecule has 0 saturated carbocycles. The Hall–Kier alpha value is -3.92. The fraction of sp³-hybridized carbons (Fsp3) is 0.323. The first-order valence-electron chi connectivity index (χ1n) is 13.6. The van der Waals surface area contributed by atoms with Crippen LogP contribution in [0.1, 0.15) is 48.4 Å². The Morgan fingerprint density at radius 3 is 2.51 bits per heavy atom. The van der Waals surface area contributed by atoms with E-state index in [2.05, 4.69) is 16.0 Å². The standard InChI is InChI=1S/C31H36ClN5O4/c1-19(2)41-28-12-11-23(15-26(28)32)31(40)35-24(16-34-29(39)17-33-4)14-21-7-9-22(10-8-21)27-18-37-13-5-6-25(20(3)38)30(37)36-27/h5-13,15,18-20,24,33,38H,14,16-17H2,1-4H3,(H,34,39)(H,35,40)/t20-,24?/m0/s1. The summed E-state index contributed by atoms with van der Waals surface area (Å²) < 4.78 is 7.57. The zero-order valence-electron chi connectivity index (χ0n) is 23.6. The maximum Gasteiger partial charge on any atom is 0.251 e. The molecule has 0 saturated heterocycles. The van der Waals surface area contributed by atoms with Gasteiger partial charge in [0.15, 0.2) is 0 Å². The molecule has 4 rings (SSSR count). The number of aliphatic hydroxyl groups excluding tert-OH is 1. The highest BCUT2D eigenvalue weighted by atomic mass is 35.5. The normalized spacial score (nSPS) is 12.8. The molecule has 2 atom stereocenters. The quantitative estimate of drug-likeness (QED) is 0.201. The lowest BCUT2D eigenvalue weighted by atomic mass is 10.0. The molecule has 1 unspecified atom stereocenters. The molecule has 0 aliphatic rings. The van der Waals surface area contributed by atoms with Gasteiger partial charge in [-0.15, -0.1) is 0 Å². The van der Waals surface area contributed by atoms with Crippen molar-refractivity contribution >= 4 is 29.1 Å². The maximum atomic E-state index is 13.1. The van der Waals surface area contributed by atoms with E-state index in [0.29, 0.717) is 28.4 Å². The first kappa shape index (κ1) is 30.0. The number of aromatic nitrogens is 2. The van der Waals surface area contributed by atoms with Gasteiger partial charge in [0, 0.05) is 35.6 Å². The lowest BCUT2D eigenvalue weighted by molar-refractivity contribution is -0.120. The molecular formula is C31H36ClN5O4. The minimum atomic E-state index is -0.626. The summed E-state index contributed by atoms with van der Waals surface area (Å²) in [6.07, 6.45) is 3.66. The fourth-order valence-electron chi connectivity index (χ4n) is 4.49. The van der Waals surface area contributed by atoms with Crippen LogP contribution in [0.15, 0.2) is 67.0 Å². The molecule has 0 spiro atoms. The third kappa shape index (κ3) is 7.85. The minimum absolute atomic E-state index is 0.0430. The van der Waals surface area contributed by atoms with E-state index in [1.807, 2.05) is 67.0 Å². The van der Waals surface area contributed by atoms with Gasteiger partial charge in [-0.2, -0.15) is 0 Å². The number of hydrogen-bond acceptors (Lipinski definition) is 6. The van der Waals surface area contributed by atoms with E-state index in [-0.39, 0.29) is 37.0 Å². The molecule has 10 heteroatoms. The number of imidazole rings is 1. The summed E-state index contributed by atoms with van der Waals surface area (Å²) in [7, 11) is 1.70. The molecule has 0 fully saturated rings. The number of likely N-dealkylation sites (N-methyl/N-ethyl adjacent to an activating group) is 1. The summed E-state index contributed by atoms with van der Waals surface area (Å²) in [6.45, 7) is 5.96.